The zero-order valence-corrected chi connectivity index (χ0v) is 9.91. The maximum absolute atomic E-state index is 3.61. The Balaban J connectivity index is 2.20. The third kappa shape index (κ3) is 3.30. The van der Waals surface area contributed by atoms with Crippen LogP contribution in [0.15, 0.2) is 0 Å². The first-order valence-corrected chi connectivity index (χ1v) is 5.56. The van der Waals surface area contributed by atoms with Crippen LogP contribution in [0.25, 0.3) is 0 Å². The second-order valence-electron chi connectivity index (χ2n) is 6.18. The van der Waals surface area contributed by atoms with E-state index in [1.54, 1.807) is 0 Å². The Hall–Kier alpha value is -0.0400. The summed E-state index contributed by atoms with van der Waals surface area (Å²) in [4.78, 5) is 0. The van der Waals surface area contributed by atoms with Gasteiger partial charge >= 0.3 is 0 Å². The summed E-state index contributed by atoms with van der Waals surface area (Å²) in [5, 5.41) is 3.61. The predicted molar refractivity (Wildman–Crippen MR) is 58.8 cm³/mol. The van der Waals surface area contributed by atoms with Crippen molar-refractivity contribution in [3.05, 3.63) is 0 Å². The fourth-order valence-corrected chi connectivity index (χ4v) is 1.81. The van der Waals surface area contributed by atoms with Gasteiger partial charge in [0.1, 0.15) is 0 Å². The maximum Gasteiger partial charge on any atom is 0.00105 e. The van der Waals surface area contributed by atoms with E-state index >= 15 is 0 Å². The monoisotopic (exact) mass is 183 g/mol. The molecular weight excluding hydrogens is 158 g/mol. The molecular formula is C12H25N. The molecule has 0 radical (unpaired) electrons. The van der Waals surface area contributed by atoms with Crippen molar-refractivity contribution >= 4 is 0 Å². The van der Waals surface area contributed by atoms with E-state index in [-0.39, 0.29) is 0 Å². The van der Waals surface area contributed by atoms with Gasteiger partial charge in [-0.1, -0.05) is 34.6 Å². The van der Waals surface area contributed by atoms with Crippen LogP contribution in [0.2, 0.25) is 0 Å². The maximum atomic E-state index is 3.61. The van der Waals surface area contributed by atoms with E-state index in [4.69, 9.17) is 0 Å². The Kier molecular flexibility index (Phi) is 3.06. The highest BCUT2D eigenvalue weighted by Gasteiger charge is 2.44. The van der Waals surface area contributed by atoms with Crippen molar-refractivity contribution in [3.8, 4) is 0 Å². The van der Waals surface area contributed by atoms with E-state index < -0.39 is 0 Å². The second-order valence-corrected chi connectivity index (χ2v) is 6.18. The number of rotatable bonds is 4. The molecule has 0 heterocycles. The minimum Gasteiger partial charge on any atom is -0.316 e. The molecule has 0 aromatic heterocycles. The highest BCUT2D eigenvalue weighted by Crippen LogP contribution is 2.51. The third-order valence-electron chi connectivity index (χ3n) is 3.25. The minimum absolute atomic E-state index is 0.424. The van der Waals surface area contributed by atoms with E-state index in [0.717, 1.165) is 12.5 Å². The first-order chi connectivity index (χ1) is 5.86. The molecule has 1 fully saturated rings. The molecule has 0 unspecified atom stereocenters. The van der Waals surface area contributed by atoms with Gasteiger partial charge in [0.05, 0.1) is 0 Å². The topological polar surface area (TPSA) is 12.0 Å². The minimum atomic E-state index is 0.424. The van der Waals surface area contributed by atoms with Crippen LogP contribution < -0.4 is 5.32 Å². The van der Waals surface area contributed by atoms with Crippen molar-refractivity contribution in [3.63, 3.8) is 0 Å². The highest BCUT2D eigenvalue weighted by molar-refractivity contribution is 4.97. The van der Waals surface area contributed by atoms with Gasteiger partial charge in [0.15, 0.2) is 0 Å². The van der Waals surface area contributed by atoms with Crippen LogP contribution in [-0.2, 0) is 0 Å². The molecule has 1 aliphatic carbocycles. The first-order valence-electron chi connectivity index (χ1n) is 5.56. The molecule has 1 N–H and O–H groups in total. The predicted octanol–water partition coefficient (Wildman–Crippen LogP) is 3.06. The van der Waals surface area contributed by atoms with Crippen LogP contribution in [0.1, 0.15) is 47.5 Å². The van der Waals surface area contributed by atoms with Crippen LogP contribution >= 0.6 is 0 Å². The van der Waals surface area contributed by atoms with E-state index in [1.165, 1.54) is 19.4 Å². The van der Waals surface area contributed by atoms with E-state index in [0.29, 0.717) is 10.8 Å². The van der Waals surface area contributed by atoms with Crippen molar-refractivity contribution in [2.24, 2.45) is 16.7 Å². The highest BCUT2D eigenvalue weighted by atomic mass is 14.9. The summed E-state index contributed by atoms with van der Waals surface area (Å²) < 4.78 is 0. The lowest BCUT2D eigenvalue weighted by atomic mass is 9.91. The fraction of sp³-hybridized carbons (Fsp3) is 1.00. The molecule has 13 heavy (non-hydrogen) atoms. The normalized spacial score (nSPS) is 20.8. The molecule has 0 saturated heterocycles. The van der Waals surface area contributed by atoms with E-state index in [9.17, 15) is 0 Å². The molecule has 0 aliphatic heterocycles. The van der Waals surface area contributed by atoms with E-state index in [1.807, 2.05) is 0 Å². The van der Waals surface area contributed by atoms with E-state index in [2.05, 4.69) is 39.9 Å². The molecule has 1 nitrogen and oxygen atoms in total. The first kappa shape index (κ1) is 11.0. The SMILES string of the molecule is CC(C)C1(CNCC(C)(C)C)CC1. The van der Waals surface area contributed by atoms with Gasteiger partial charge in [0, 0.05) is 13.1 Å². The molecule has 0 aromatic rings. The van der Waals surface area contributed by atoms with Crippen molar-refractivity contribution in [2.45, 2.75) is 47.5 Å². The molecule has 1 rings (SSSR count). The molecule has 0 atom stereocenters. The largest absolute Gasteiger partial charge is 0.316 e. The van der Waals surface area contributed by atoms with Crippen LogP contribution in [0.5, 0.6) is 0 Å². The summed E-state index contributed by atoms with van der Waals surface area (Å²) in [7, 11) is 0. The Bertz CT molecular complexity index is 160. The zero-order chi connectivity index (χ0) is 10.1. The van der Waals surface area contributed by atoms with Gasteiger partial charge in [0.25, 0.3) is 0 Å². The molecule has 0 spiro atoms. The fourth-order valence-electron chi connectivity index (χ4n) is 1.81. The van der Waals surface area contributed by atoms with Crippen molar-refractivity contribution < 1.29 is 0 Å². The summed E-state index contributed by atoms with van der Waals surface area (Å²) in [5.74, 6) is 0.847. The van der Waals surface area contributed by atoms with Crippen molar-refractivity contribution in [1.82, 2.24) is 5.32 Å². The second kappa shape index (κ2) is 3.61. The lowest BCUT2D eigenvalue weighted by Crippen LogP contribution is -2.33. The molecule has 1 aliphatic rings. The Morgan fingerprint density at radius 2 is 1.77 bits per heavy atom. The van der Waals surface area contributed by atoms with Crippen LogP contribution in [0.3, 0.4) is 0 Å². The van der Waals surface area contributed by atoms with Crippen molar-refractivity contribution in [2.75, 3.05) is 13.1 Å². The zero-order valence-electron chi connectivity index (χ0n) is 9.91. The smallest absolute Gasteiger partial charge is 0.00105 e. The summed E-state index contributed by atoms with van der Waals surface area (Å²) in [6.07, 6.45) is 2.86. The van der Waals surface area contributed by atoms with Gasteiger partial charge in [-0.15, -0.1) is 0 Å². The van der Waals surface area contributed by atoms with Gasteiger partial charge in [-0.25, -0.2) is 0 Å². The molecule has 1 saturated carbocycles. The Labute approximate surface area is 83.3 Å². The van der Waals surface area contributed by atoms with Gasteiger partial charge in [-0.3, -0.25) is 0 Å². The number of nitrogens with one attached hydrogen (secondary N) is 1. The average molecular weight is 183 g/mol. The van der Waals surface area contributed by atoms with Gasteiger partial charge in [0.2, 0.25) is 0 Å². The summed E-state index contributed by atoms with van der Waals surface area (Å²) in [5.41, 5.74) is 1.08. The molecule has 78 valence electrons. The van der Waals surface area contributed by atoms with Crippen LogP contribution in [0, 0.1) is 16.7 Å². The lowest BCUT2D eigenvalue weighted by Gasteiger charge is -2.24. The standard InChI is InChI=1S/C12H25N/c1-10(2)12(6-7-12)9-13-8-11(3,4)5/h10,13H,6-9H2,1-5H3. The summed E-state index contributed by atoms with van der Waals surface area (Å²) in [6.45, 7) is 13.9. The molecule has 1 heteroatoms. The summed E-state index contributed by atoms with van der Waals surface area (Å²) in [6, 6.07) is 0. The van der Waals surface area contributed by atoms with Crippen molar-refractivity contribution in [1.29, 1.82) is 0 Å². The number of hydrogen-bond donors (Lipinski definition) is 1. The van der Waals surface area contributed by atoms with Crippen LogP contribution in [0.4, 0.5) is 0 Å². The molecule has 0 bridgehead atoms. The Morgan fingerprint density at radius 3 is 2.08 bits per heavy atom. The van der Waals surface area contributed by atoms with Gasteiger partial charge < -0.3 is 5.32 Å². The lowest BCUT2D eigenvalue weighted by molar-refractivity contribution is 0.303. The number of hydrogen-bond acceptors (Lipinski definition) is 1. The molecule has 0 amide bonds. The van der Waals surface area contributed by atoms with Gasteiger partial charge in [-0.05, 0) is 29.6 Å². The quantitative estimate of drug-likeness (QED) is 0.706. The molecule has 0 aromatic carbocycles. The Morgan fingerprint density at radius 1 is 1.23 bits per heavy atom. The third-order valence-corrected chi connectivity index (χ3v) is 3.25. The average Bonchev–Trinajstić information content (AvgIpc) is 2.65. The summed E-state index contributed by atoms with van der Waals surface area (Å²) >= 11 is 0. The van der Waals surface area contributed by atoms with Crippen LogP contribution in [-0.4, -0.2) is 13.1 Å². The van der Waals surface area contributed by atoms with Gasteiger partial charge in [-0.2, -0.15) is 0 Å².